The quantitative estimate of drug-likeness (QED) is 0.233. The fraction of sp³-hybridized carbons (Fsp3) is 0.286. The average Bonchev–Trinajstić information content (AvgIpc) is 2.94. The van der Waals surface area contributed by atoms with Crippen molar-refractivity contribution in [2.24, 2.45) is 0 Å². The molecule has 204 valence electrons. The molecule has 1 aromatic heterocycles. The summed E-state index contributed by atoms with van der Waals surface area (Å²) in [6, 6.07) is 8.83. The maximum Gasteiger partial charge on any atom is 0.186 e. The lowest BCUT2D eigenvalue weighted by Gasteiger charge is -2.26. The van der Waals surface area contributed by atoms with Crippen molar-refractivity contribution in [2.75, 3.05) is 57.8 Å². The predicted octanol–water partition coefficient (Wildman–Crippen LogP) is 2.29. The standard InChI is InChI=1S/C28H30N4O7/c1-32(14-19(35)15-33)24-6-4-17(10-20(24)21-11-18(34)5-7-25(21)36)31-28-22-12-26(38-3)27(39-9-8-37-2)13-23(22)29-16-30-28/h4-7,10-13,16,19,33,35H,8-9,14-15H2,1-3H3,(H,29,30,31). The number of rotatable bonds is 12. The second-order valence-corrected chi connectivity index (χ2v) is 8.82. The molecule has 0 amide bonds. The van der Waals surface area contributed by atoms with Gasteiger partial charge in [0.25, 0.3) is 0 Å². The third-order valence-electron chi connectivity index (χ3n) is 6.07. The summed E-state index contributed by atoms with van der Waals surface area (Å²) in [6.07, 6.45) is 4.19. The van der Waals surface area contributed by atoms with Crippen molar-refractivity contribution in [3.63, 3.8) is 0 Å². The topological polar surface area (TPSA) is 143 Å². The minimum absolute atomic E-state index is 0.118. The van der Waals surface area contributed by atoms with E-state index < -0.39 is 12.7 Å². The monoisotopic (exact) mass is 534 g/mol. The number of carbonyl (C=O) groups excluding carboxylic acids is 2. The van der Waals surface area contributed by atoms with Gasteiger partial charge in [0.2, 0.25) is 0 Å². The fourth-order valence-corrected chi connectivity index (χ4v) is 4.16. The van der Waals surface area contributed by atoms with Gasteiger partial charge >= 0.3 is 0 Å². The van der Waals surface area contributed by atoms with E-state index in [4.69, 9.17) is 14.2 Å². The molecular formula is C28H30N4O7. The summed E-state index contributed by atoms with van der Waals surface area (Å²) < 4.78 is 16.3. The lowest BCUT2D eigenvalue weighted by Crippen LogP contribution is -2.32. The summed E-state index contributed by atoms with van der Waals surface area (Å²) in [5.41, 5.74) is 2.53. The van der Waals surface area contributed by atoms with Crippen LogP contribution in [0.25, 0.3) is 16.5 Å². The van der Waals surface area contributed by atoms with Crippen LogP contribution in [0.5, 0.6) is 11.5 Å². The minimum atomic E-state index is -0.982. The number of allylic oxidation sites excluding steroid dienone is 4. The number of ether oxygens (including phenoxy) is 3. The Morgan fingerprint density at radius 3 is 2.62 bits per heavy atom. The number of nitrogens with one attached hydrogen (secondary N) is 1. The van der Waals surface area contributed by atoms with Gasteiger partial charge in [0.15, 0.2) is 23.1 Å². The predicted molar refractivity (Wildman–Crippen MR) is 147 cm³/mol. The highest BCUT2D eigenvalue weighted by Gasteiger charge is 2.22. The van der Waals surface area contributed by atoms with Crippen LogP contribution in [0, 0.1) is 0 Å². The molecule has 0 aliphatic heterocycles. The van der Waals surface area contributed by atoms with Crippen molar-refractivity contribution >= 4 is 45.2 Å². The fourth-order valence-electron chi connectivity index (χ4n) is 4.16. The second-order valence-electron chi connectivity index (χ2n) is 8.82. The Labute approximate surface area is 225 Å². The molecule has 1 heterocycles. The number of anilines is 3. The number of nitrogens with zero attached hydrogens (tertiary/aromatic N) is 3. The van der Waals surface area contributed by atoms with Crippen molar-refractivity contribution in [3.05, 3.63) is 60.5 Å². The van der Waals surface area contributed by atoms with Crippen LogP contribution in [0.2, 0.25) is 0 Å². The Bertz CT molecular complexity index is 1440. The van der Waals surface area contributed by atoms with Gasteiger partial charge in [0.05, 0.1) is 31.9 Å². The molecule has 0 fully saturated rings. The zero-order valence-corrected chi connectivity index (χ0v) is 21.9. The van der Waals surface area contributed by atoms with E-state index >= 15 is 0 Å². The van der Waals surface area contributed by atoms with Crippen molar-refractivity contribution in [3.8, 4) is 11.5 Å². The van der Waals surface area contributed by atoms with Gasteiger partial charge in [-0.3, -0.25) is 9.59 Å². The van der Waals surface area contributed by atoms with E-state index in [9.17, 15) is 19.8 Å². The third kappa shape index (κ3) is 6.40. The summed E-state index contributed by atoms with van der Waals surface area (Å²) in [5.74, 6) is 0.892. The highest BCUT2D eigenvalue weighted by molar-refractivity contribution is 6.34. The summed E-state index contributed by atoms with van der Waals surface area (Å²) in [7, 11) is 4.86. The summed E-state index contributed by atoms with van der Waals surface area (Å²) in [4.78, 5) is 35.4. The van der Waals surface area contributed by atoms with Crippen LogP contribution in [-0.2, 0) is 14.3 Å². The summed E-state index contributed by atoms with van der Waals surface area (Å²) in [5, 5.41) is 23.2. The number of aromatic nitrogens is 2. The average molecular weight is 535 g/mol. The maximum atomic E-state index is 12.7. The van der Waals surface area contributed by atoms with Crippen LogP contribution >= 0.6 is 0 Å². The van der Waals surface area contributed by atoms with E-state index in [1.54, 1.807) is 56.5 Å². The molecule has 39 heavy (non-hydrogen) atoms. The first kappa shape index (κ1) is 27.7. The second kappa shape index (κ2) is 12.5. The SMILES string of the molecule is COCCOc1cc2ncnc(Nc3ccc(N(C)CC(O)CO)c(C4=CC(=O)C=CC4=O)c3)c2cc1OC. The van der Waals surface area contributed by atoms with Gasteiger partial charge in [-0.1, -0.05) is 0 Å². The number of aliphatic hydroxyl groups excluding tert-OH is 2. The number of benzene rings is 2. The number of fused-ring (bicyclic) bond motifs is 1. The van der Waals surface area contributed by atoms with Crippen molar-refractivity contribution in [1.82, 2.24) is 9.97 Å². The Hall–Kier alpha value is -4.32. The van der Waals surface area contributed by atoms with Gasteiger partial charge in [-0.05, 0) is 42.5 Å². The van der Waals surface area contributed by atoms with E-state index in [2.05, 4.69) is 15.3 Å². The van der Waals surface area contributed by atoms with E-state index in [0.717, 1.165) is 0 Å². The van der Waals surface area contributed by atoms with E-state index in [1.807, 2.05) is 0 Å². The van der Waals surface area contributed by atoms with Crippen LogP contribution in [-0.4, -0.2) is 85.5 Å². The minimum Gasteiger partial charge on any atom is -0.493 e. The zero-order chi connectivity index (χ0) is 27.9. The molecular weight excluding hydrogens is 504 g/mol. The zero-order valence-electron chi connectivity index (χ0n) is 21.9. The van der Waals surface area contributed by atoms with Crippen LogP contribution in [0.15, 0.2) is 54.9 Å². The van der Waals surface area contributed by atoms with Gasteiger partial charge in [0.1, 0.15) is 18.8 Å². The molecule has 0 spiro atoms. The van der Waals surface area contributed by atoms with Crippen LogP contribution in [0.1, 0.15) is 5.56 Å². The van der Waals surface area contributed by atoms with Gasteiger partial charge in [-0.15, -0.1) is 0 Å². The first-order chi connectivity index (χ1) is 18.8. The molecule has 0 radical (unpaired) electrons. The van der Waals surface area contributed by atoms with E-state index in [1.165, 1.54) is 24.6 Å². The van der Waals surface area contributed by atoms with Crippen LogP contribution in [0.3, 0.4) is 0 Å². The summed E-state index contributed by atoms with van der Waals surface area (Å²) in [6.45, 7) is 0.475. The lowest BCUT2D eigenvalue weighted by molar-refractivity contribution is -0.113. The molecule has 0 saturated heterocycles. The molecule has 0 saturated carbocycles. The van der Waals surface area contributed by atoms with Gasteiger partial charge in [-0.25, -0.2) is 9.97 Å². The van der Waals surface area contributed by atoms with Gasteiger partial charge in [0, 0.05) is 54.7 Å². The molecule has 0 bridgehead atoms. The molecule has 2 aromatic carbocycles. The lowest BCUT2D eigenvalue weighted by atomic mass is 9.94. The largest absolute Gasteiger partial charge is 0.493 e. The normalized spacial score (nSPS) is 13.8. The molecule has 4 rings (SSSR count). The maximum absolute atomic E-state index is 12.7. The first-order valence-electron chi connectivity index (χ1n) is 12.2. The van der Waals surface area contributed by atoms with Crippen molar-refractivity contribution in [1.29, 1.82) is 0 Å². The third-order valence-corrected chi connectivity index (χ3v) is 6.07. The highest BCUT2D eigenvalue weighted by Crippen LogP contribution is 2.36. The Balaban J connectivity index is 1.74. The Morgan fingerprint density at radius 2 is 1.87 bits per heavy atom. The molecule has 1 unspecified atom stereocenters. The van der Waals surface area contributed by atoms with Crippen molar-refractivity contribution < 1.29 is 34.0 Å². The number of likely N-dealkylation sites (N-methyl/N-ethyl adjacent to an activating group) is 1. The molecule has 11 nitrogen and oxygen atoms in total. The Morgan fingerprint density at radius 1 is 1.05 bits per heavy atom. The molecule has 1 aliphatic rings. The van der Waals surface area contributed by atoms with E-state index in [-0.39, 0.29) is 23.7 Å². The number of carbonyl (C=O) groups is 2. The molecule has 3 N–H and O–H groups in total. The van der Waals surface area contributed by atoms with Crippen molar-refractivity contribution in [2.45, 2.75) is 6.10 Å². The Kier molecular flexibility index (Phi) is 8.87. The number of hydrogen-bond donors (Lipinski definition) is 3. The number of aliphatic hydroxyl groups is 2. The van der Waals surface area contributed by atoms with Crippen LogP contribution < -0.4 is 19.7 Å². The molecule has 3 aromatic rings. The molecule has 11 heteroatoms. The number of ketones is 2. The van der Waals surface area contributed by atoms with Gasteiger partial charge < -0.3 is 34.6 Å². The highest BCUT2D eigenvalue weighted by atomic mass is 16.5. The molecule has 1 atom stereocenters. The smallest absolute Gasteiger partial charge is 0.186 e. The van der Waals surface area contributed by atoms with E-state index in [0.29, 0.717) is 58.4 Å². The number of methoxy groups -OCH3 is 2. The molecule has 1 aliphatic carbocycles. The first-order valence-corrected chi connectivity index (χ1v) is 12.2. The number of hydrogen-bond acceptors (Lipinski definition) is 11. The van der Waals surface area contributed by atoms with Gasteiger partial charge in [-0.2, -0.15) is 0 Å². The van der Waals surface area contributed by atoms with Crippen LogP contribution in [0.4, 0.5) is 17.2 Å². The summed E-state index contributed by atoms with van der Waals surface area (Å²) >= 11 is 0.